The molecule has 1 saturated heterocycles. The van der Waals surface area contributed by atoms with Crippen molar-refractivity contribution in [1.82, 2.24) is 5.32 Å². The summed E-state index contributed by atoms with van der Waals surface area (Å²) < 4.78 is 0. The molecule has 0 aliphatic carbocycles. The van der Waals surface area contributed by atoms with Crippen LogP contribution in [0.5, 0.6) is 0 Å². The van der Waals surface area contributed by atoms with Crippen LogP contribution < -0.4 is 11.1 Å². The van der Waals surface area contributed by atoms with Gasteiger partial charge in [0.25, 0.3) is 0 Å². The zero-order chi connectivity index (χ0) is 7.02. The number of carbonyl (C=O) groups is 1. The second kappa shape index (κ2) is 1.97. The Kier molecular flexibility index (Phi) is 1.42. The van der Waals surface area contributed by atoms with Gasteiger partial charge in [0, 0.05) is 0 Å². The van der Waals surface area contributed by atoms with Crippen LogP contribution in [-0.2, 0) is 4.79 Å². The first-order chi connectivity index (χ1) is 4.13. The lowest BCUT2D eigenvalue weighted by molar-refractivity contribution is -0.133. The van der Waals surface area contributed by atoms with E-state index in [0.29, 0.717) is 0 Å². The minimum absolute atomic E-state index is 0.180. The van der Waals surface area contributed by atoms with Crippen LogP contribution in [0.1, 0.15) is 6.92 Å². The average Bonchev–Trinajstić information content (AvgIpc) is 1.81. The molecule has 4 N–H and O–H groups in total. The van der Waals surface area contributed by atoms with Gasteiger partial charge in [0.2, 0.25) is 5.91 Å². The highest BCUT2D eigenvalue weighted by molar-refractivity contribution is 5.89. The Hall–Kier alpha value is -0.610. The molecule has 1 aliphatic rings. The van der Waals surface area contributed by atoms with Crippen LogP contribution in [0, 0.1) is 0 Å². The summed E-state index contributed by atoms with van der Waals surface area (Å²) in [4.78, 5) is 10.4. The third-order valence-corrected chi connectivity index (χ3v) is 1.52. The third-order valence-electron chi connectivity index (χ3n) is 1.52. The fourth-order valence-corrected chi connectivity index (χ4v) is 0.838. The van der Waals surface area contributed by atoms with Gasteiger partial charge in [0.05, 0.1) is 12.1 Å². The van der Waals surface area contributed by atoms with Crippen LogP contribution in [0.15, 0.2) is 0 Å². The zero-order valence-electron chi connectivity index (χ0n) is 5.16. The molecule has 4 heteroatoms. The Morgan fingerprint density at radius 3 is 2.56 bits per heavy atom. The minimum atomic E-state index is -0.544. The largest absolute Gasteiger partial charge is 0.391 e. The predicted molar refractivity (Wildman–Crippen MR) is 31.6 cm³/mol. The van der Waals surface area contributed by atoms with Crippen molar-refractivity contribution < 1.29 is 9.90 Å². The van der Waals surface area contributed by atoms with E-state index in [-0.39, 0.29) is 11.9 Å². The third kappa shape index (κ3) is 0.906. The summed E-state index contributed by atoms with van der Waals surface area (Å²) in [5.41, 5.74) is 5.30. The molecule has 4 nitrogen and oxygen atoms in total. The van der Waals surface area contributed by atoms with E-state index in [0.717, 1.165) is 0 Å². The average molecular weight is 130 g/mol. The smallest absolute Gasteiger partial charge is 0.239 e. The maximum Gasteiger partial charge on any atom is 0.239 e. The maximum absolute atomic E-state index is 10.4. The number of hydrogen-bond donors (Lipinski definition) is 3. The molecule has 3 atom stereocenters. The van der Waals surface area contributed by atoms with Crippen LogP contribution in [0.25, 0.3) is 0 Å². The van der Waals surface area contributed by atoms with Crippen LogP contribution in [0.3, 0.4) is 0 Å². The van der Waals surface area contributed by atoms with Gasteiger partial charge in [-0.15, -0.1) is 0 Å². The molecule has 0 radical (unpaired) electrons. The number of aliphatic hydroxyl groups is 1. The first-order valence-electron chi connectivity index (χ1n) is 2.87. The molecular formula is C5H10N2O2. The number of nitrogens with two attached hydrogens (primary N) is 1. The van der Waals surface area contributed by atoms with E-state index in [1.54, 1.807) is 6.92 Å². The number of β-lactam (4-membered cyclic amide) rings is 1. The minimum Gasteiger partial charge on any atom is -0.391 e. The van der Waals surface area contributed by atoms with E-state index >= 15 is 0 Å². The lowest BCUT2D eigenvalue weighted by Crippen LogP contribution is -2.70. The second-order valence-electron chi connectivity index (χ2n) is 2.30. The number of aliphatic hydroxyl groups excluding tert-OH is 1. The molecule has 0 saturated carbocycles. The van der Waals surface area contributed by atoms with Gasteiger partial charge in [-0.3, -0.25) is 4.79 Å². The molecule has 9 heavy (non-hydrogen) atoms. The number of rotatable bonds is 1. The van der Waals surface area contributed by atoms with E-state index in [1.165, 1.54) is 0 Å². The Labute approximate surface area is 53.0 Å². The van der Waals surface area contributed by atoms with E-state index in [1.807, 2.05) is 0 Å². The highest BCUT2D eigenvalue weighted by Gasteiger charge is 2.38. The van der Waals surface area contributed by atoms with Crippen LogP contribution in [0.4, 0.5) is 0 Å². The van der Waals surface area contributed by atoms with E-state index in [2.05, 4.69) is 5.32 Å². The summed E-state index contributed by atoms with van der Waals surface area (Å²) in [6, 6.07) is -0.748. The fraction of sp³-hybridized carbons (Fsp3) is 0.800. The quantitative estimate of drug-likeness (QED) is 0.366. The van der Waals surface area contributed by atoms with Gasteiger partial charge in [-0.2, -0.15) is 0 Å². The van der Waals surface area contributed by atoms with Gasteiger partial charge in [-0.05, 0) is 6.92 Å². The van der Waals surface area contributed by atoms with Gasteiger partial charge < -0.3 is 16.2 Å². The van der Waals surface area contributed by atoms with Gasteiger partial charge >= 0.3 is 0 Å². The number of hydrogen-bond acceptors (Lipinski definition) is 3. The normalized spacial score (nSPS) is 37.0. The Balaban J connectivity index is 2.42. The van der Waals surface area contributed by atoms with Crippen molar-refractivity contribution in [3.63, 3.8) is 0 Å². The summed E-state index contributed by atoms with van der Waals surface area (Å²) in [6.45, 7) is 1.60. The molecule has 0 spiro atoms. The Morgan fingerprint density at radius 2 is 2.44 bits per heavy atom. The van der Waals surface area contributed by atoms with Crippen molar-refractivity contribution in [2.24, 2.45) is 5.73 Å². The SMILES string of the molecule is C[C@H](O)[C@@H]1NC(=O)[C@H]1N. The fourth-order valence-electron chi connectivity index (χ4n) is 0.838. The number of amides is 1. The van der Waals surface area contributed by atoms with E-state index < -0.39 is 12.1 Å². The van der Waals surface area contributed by atoms with Gasteiger partial charge in [0.1, 0.15) is 6.04 Å². The molecule has 52 valence electrons. The molecule has 1 fully saturated rings. The lowest BCUT2D eigenvalue weighted by atomic mass is 9.96. The van der Waals surface area contributed by atoms with Crippen molar-refractivity contribution in [2.45, 2.75) is 25.1 Å². The molecule has 1 heterocycles. The first kappa shape index (κ1) is 6.51. The summed E-state index contributed by atoms with van der Waals surface area (Å²) in [5.74, 6) is -0.180. The molecule has 1 rings (SSSR count). The monoisotopic (exact) mass is 130 g/mol. The van der Waals surface area contributed by atoms with Crippen molar-refractivity contribution in [3.8, 4) is 0 Å². The highest BCUT2D eigenvalue weighted by Crippen LogP contribution is 2.06. The number of nitrogens with one attached hydrogen (secondary N) is 1. The van der Waals surface area contributed by atoms with Crippen molar-refractivity contribution in [3.05, 3.63) is 0 Å². The van der Waals surface area contributed by atoms with Crippen LogP contribution in [-0.4, -0.2) is 29.2 Å². The topological polar surface area (TPSA) is 75.3 Å². The van der Waals surface area contributed by atoms with Crippen LogP contribution in [0.2, 0.25) is 0 Å². The van der Waals surface area contributed by atoms with E-state index in [4.69, 9.17) is 10.8 Å². The summed E-state index contributed by atoms with van der Waals surface area (Å²) in [6.07, 6.45) is -0.544. The summed E-state index contributed by atoms with van der Waals surface area (Å²) >= 11 is 0. The first-order valence-corrected chi connectivity index (χ1v) is 2.87. The van der Waals surface area contributed by atoms with Crippen molar-refractivity contribution in [2.75, 3.05) is 0 Å². The molecule has 0 aromatic carbocycles. The molecule has 0 unspecified atom stereocenters. The van der Waals surface area contributed by atoms with Crippen LogP contribution >= 0.6 is 0 Å². The molecule has 1 aliphatic heterocycles. The summed E-state index contributed by atoms with van der Waals surface area (Å²) in [7, 11) is 0. The van der Waals surface area contributed by atoms with Gasteiger partial charge in [-0.1, -0.05) is 0 Å². The predicted octanol–water partition coefficient (Wildman–Crippen LogP) is -1.81. The zero-order valence-corrected chi connectivity index (χ0v) is 5.16. The molecule has 0 aromatic rings. The highest BCUT2D eigenvalue weighted by atomic mass is 16.3. The molecular weight excluding hydrogens is 120 g/mol. The van der Waals surface area contributed by atoms with Gasteiger partial charge in [-0.25, -0.2) is 0 Å². The lowest BCUT2D eigenvalue weighted by Gasteiger charge is -2.35. The molecule has 0 aromatic heterocycles. The summed E-state index contributed by atoms with van der Waals surface area (Å²) in [5, 5.41) is 11.3. The Bertz CT molecular complexity index is 135. The Morgan fingerprint density at radius 1 is 1.89 bits per heavy atom. The second-order valence-corrected chi connectivity index (χ2v) is 2.30. The van der Waals surface area contributed by atoms with Crippen molar-refractivity contribution >= 4 is 5.91 Å². The number of carbonyl (C=O) groups excluding carboxylic acids is 1. The standard InChI is InChI=1S/C5H10N2O2/c1-2(8)4-3(6)5(9)7-4/h2-4,8H,6H2,1H3,(H,7,9)/t2-,3-,4-/m0/s1. The van der Waals surface area contributed by atoms with Crippen molar-refractivity contribution in [1.29, 1.82) is 0 Å². The van der Waals surface area contributed by atoms with E-state index in [9.17, 15) is 4.79 Å². The molecule has 0 bridgehead atoms. The van der Waals surface area contributed by atoms with Gasteiger partial charge in [0.15, 0.2) is 0 Å². The maximum atomic E-state index is 10.4. The molecule has 1 amide bonds.